The third-order valence-corrected chi connectivity index (χ3v) is 6.79. The topological polar surface area (TPSA) is 93.9 Å². The van der Waals surface area contributed by atoms with E-state index in [2.05, 4.69) is 0 Å². The standard InChI is InChI=1S/C28H27F3N4O4/c1-3-39-26(37)24-18(2)35(22-8-6-7-21(15-22)28(29,30)31)27(38)34(17-23(36)33-13-4-5-14-33)25(24)20-11-9-19(16-32)10-12-20/h6-12,15,25H,3-5,13-14,17H2,1-2H3/t25-/m1/s1. The molecule has 0 unspecified atom stereocenters. The Balaban J connectivity index is 1.90. The van der Waals surface area contributed by atoms with Crippen LogP contribution >= 0.6 is 0 Å². The van der Waals surface area contributed by atoms with Crippen molar-refractivity contribution >= 4 is 23.6 Å². The summed E-state index contributed by atoms with van der Waals surface area (Å²) in [4.78, 5) is 44.4. The van der Waals surface area contributed by atoms with E-state index < -0.39 is 36.3 Å². The van der Waals surface area contributed by atoms with Gasteiger partial charge >= 0.3 is 18.2 Å². The number of ether oxygens (including phenoxy) is 1. The molecule has 1 atom stereocenters. The fourth-order valence-electron chi connectivity index (χ4n) is 4.91. The Morgan fingerprint density at radius 1 is 1.10 bits per heavy atom. The van der Waals surface area contributed by atoms with Gasteiger partial charge in [0.2, 0.25) is 5.91 Å². The number of nitrogens with zero attached hydrogens (tertiary/aromatic N) is 4. The number of rotatable bonds is 6. The molecule has 2 aliphatic rings. The van der Waals surface area contributed by atoms with E-state index in [0.717, 1.165) is 29.9 Å². The number of carbonyl (C=O) groups excluding carboxylic acids is 3. The number of likely N-dealkylation sites (tertiary alicyclic amines) is 1. The van der Waals surface area contributed by atoms with Gasteiger partial charge in [-0.15, -0.1) is 0 Å². The molecule has 2 heterocycles. The van der Waals surface area contributed by atoms with Crippen molar-refractivity contribution in [3.63, 3.8) is 0 Å². The minimum atomic E-state index is -4.66. The number of allylic oxidation sites excluding steroid dienone is 1. The van der Waals surface area contributed by atoms with Gasteiger partial charge in [-0.3, -0.25) is 9.69 Å². The Bertz CT molecular complexity index is 1340. The average molecular weight is 541 g/mol. The molecule has 2 aromatic rings. The summed E-state index contributed by atoms with van der Waals surface area (Å²) in [5.74, 6) is -1.11. The zero-order chi connectivity index (χ0) is 28.3. The summed E-state index contributed by atoms with van der Waals surface area (Å²) >= 11 is 0. The van der Waals surface area contributed by atoms with E-state index in [1.54, 1.807) is 24.0 Å². The van der Waals surface area contributed by atoms with Crippen molar-refractivity contribution in [2.75, 3.05) is 31.1 Å². The molecule has 0 aromatic heterocycles. The van der Waals surface area contributed by atoms with Gasteiger partial charge in [0, 0.05) is 18.8 Å². The molecule has 204 valence electrons. The highest BCUT2D eigenvalue weighted by Gasteiger charge is 2.44. The van der Waals surface area contributed by atoms with Crippen molar-refractivity contribution in [3.8, 4) is 6.07 Å². The summed E-state index contributed by atoms with van der Waals surface area (Å²) in [6.45, 7) is 3.73. The number of anilines is 1. The van der Waals surface area contributed by atoms with Gasteiger partial charge in [0.05, 0.1) is 41.1 Å². The number of benzene rings is 2. The first-order valence-electron chi connectivity index (χ1n) is 12.5. The molecule has 0 bridgehead atoms. The molecule has 0 N–H and O–H groups in total. The highest BCUT2D eigenvalue weighted by molar-refractivity contribution is 6.04. The monoisotopic (exact) mass is 540 g/mol. The number of halogens is 3. The quantitative estimate of drug-likeness (QED) is 0.480. The number of amides is 3. The SMILES string of the molecule is CCOC(=O)C1=C(C)N(c2cccc(C(F)(F)F)c2)C(=O)N(CC(=O)N2CCCC2)[C@@H]1c1ccc(C#N)cc1. The first-order valence-corrected chi connectivity index (χ1v) is 12.5. The number of urea groups is 1. The molecule has 4 rings (SSSR count). The fourth-order valence-corrected chi connectivity index (χ4v) is 4.91. The second kappa shape index (κ2) is 11.2. The van der Waals surface area contributed by atoms with E-state index in [0.29, 0.717) is 24.2 Å². The molecule has 0 radical (unpaired) electrons. The van der Waals surface area contributed by atoms with Crippen molar-refractivity contribution in [2.24, 2.45) is 0 Å². The average Bonchev–Trinajstić information content (AvgIpc) is 3.45. The normalized spacial score (nSPS) is 17.9. The smallest absolute Gasteiger partial charge is 0.416 e. The molecule has 3 amide bonds. The highest BCUT2D eigenvalue weighted by Crippen LogP contribution is 2.41. The summed E-state index contributed by atoms with van der Waals surface area (Å²) < 4.78 is 45.9. The summed E-state index contributed by atoms with van der Waals surface area (Å²) in [5, 5.41) is 9.23. The van der Waals surface area contributed by atoms with Crippen molar-refractivity contribution in [1.82, 2.24) is 9.80 Å². The van der Waals surface area contributed by atoms with E-state index >= 15 is 0 Å². The van der Waals surface area contributed by atoms with Crippen LogP contribution in [0.15, 0.2) is 59.8 Å². The Morgan fingerprint density at radius 2 is 1.77 bits per heavy atom. The zero-order valence-electron chi connectivity index (χ0n) is 21.5. The largest absolute Gasteiger partial charge is 0.463 e. The lowest BCUT2D eigenvalue weighted by molar-refractivity contribution is -0.140. The first-order chi connectivity index (χ1) is 18.6. The van der Waals surface area contributed by atoms with Crippen LogP contribution in [0, 0.1) is 11.3 Å². The maximum Gasteiger partial charge on any atom is 0.416 e. The molecule has 39 heavy (non-hydrogen) atoms. The molecule has 11 heteroatoms. The molecule has 2 aromatic carbocycles. The van der Waals surface area contributed by atoms with E-state index in [1.165, 1.54) is 36.1 Å². The summed E-state index contributed by atoms with van der Waals surface area (Å²) in [6, 6.07) is 10.6. The van der Waals surface area contributed by atoms with E-state index in [9.17, 15) is 32.8 Å². The maximum absolute atomic E-state index is 14.0. The number of nitriles is 1. The predicted molar refractivity (Wildman–Crippen MR) is 135 cm³/mol. The molecule has 2 aliphatic heterocycles. The van der Waals surface area contributed by atoms with Gasteiger partial charge in [-0.25, -0.2) is 9.59 Å². The van der Waals surface area contributed by atoms with Crippen LogP contribution in [0.25, 0.3) is 0 Å². The minimum Gasteiger partial charge on any atom is -0.463 e. The van der Waals surface area contributed by atoms with Crippen LogP contribution in [-0.2, 0) is 20.5 Å². The Labute approximate surface area is 223 Å². The molecular weight excluding hydrogens is 513 g/mol. The zero-order valence-corrected chi connectivity index (χ0v) is 21.5. The third-order valence-electron chi connectivity index (χ3n) is 6.79. The van der Waals surface area contributed by atoms with Crippen molar-refractivity contribution in [2.45, 2.75) is 38.9 Å². The predicted octanol–water partition coefficient (Wildman–Crippen LogP) is 5.02. The van der Waals surface area contributed by atoms with E-state index in [4.69, 9.17) is 4.74 Å². The summed E-state index contributed by atoms with van der Waals surface area (Å²) in [6.07, 6.45) is -3.02. The lowest BCUT2D eigenvalue weighted by atomic mass is 9.92. The van der Waals surface area contributed by atoms with Gasteiger partial charge in [0.25, 0.3) is 0 Å². The van der Waals surface area contributed by atoms with Gasteiger partial charge in [0.15, 0.2) is 0 Å². The molecule has 1 saturated heterocycles. The van der Waals surface area contributed by atoms with Crippen LogP contribution in [0.3, 0.4) is 0 Å². The van der Waals surface area contributed by atoms with Crippen LogP contribution < -0.4 is 4.90 Å². The van der Waals surface area contributed by atoms with Crippen LogP contribution in [0.1, 0.15) is 49.4 Å². The molecule has 8 nitrogen and oxygen atoms in total. The van der Waals surface area contributed by atoms with Crippen LogP contribution in [0.5, 0.6) is 0 Å². The van der Waals surface area contributed by atoms with Crippen LogP contribution in [0.2, 0.25) is 0 Å². The molecule has 1 fully saturated rings. The first kappa shape index (κ1) is 27.7. The molecule has 0 saturated carbocycles. The maximum atomic E-state index is 14.0. The lowest BCUT2D eigenvalue weighted by Gasteiger charge is -2.43. The van der Waals surface area contributed by atoms with Gasteiger partial charge in [0.1, 0.15) is 6.54 Å². The van der Waals surface area contributed by atoms with Gasteiger partial charge in [-0.1, -0.05) is 18.2 Å². The summed E-state index contributed by atoms with van der Waals surface area (Å²) in [5.41, 5.74) is -0.185. The number of hydrogen-bond acceptors (Lipinski definition) is 5. The van der Waals surface area contributed by atoms with E-state index in [-0.39, 0.29) is 29.5 Å². The fraction of sp³-hybridized carbons (Fsp3) is 0.357. The third kappa shape index (κ3) is 5.60. The van der Waals surface area contributed by atoms with Crippen LogP contribution in [0.4, 0.5) is 23.7 Å². The second-order valence-electron chi connectivity index (χ2n) is 9.24. The number of esters is 1. The van der Waals surface area contributed by atoms with E-state index in [1.807, 2.05) is 6.07 Å². The Hall–Kier alpha value is -4.33. The highest BCUT2D eigenvalue weighted by atomic mass is 19.4. The Kier molecular flexibility index (Phi) is 7.95. The van der Waals surface area contributed by atoms with Crippen molar-refractivity contribution < 1.29 is 32.3 Å². The van der Waals surface area contributed by atoms with Crippen molar-refractivity contribution in [3.05, 3.63) is 76.5 Å². The van der Waals surface area contributed by atoms with Gasteiger partial charge in [-0.05, 0) is 62.6 Å². The Morgan fingerprint density at radius 3 is 2.36 bits per heavy atom. The number of alkyl halides is 3. The lowest BCUT2D eigenvalue weighted by Crippen LogP contribution is -2.54. The number of carbonyl (C=O) groups is 3. The molecule has 0 aliphatic carbocycles. The molecular formula is C28H27F3N4O4. The van der Waals surface area contributed by atoms with Gasteiger partial charge < -0.3 is 14.5 Å². The molecule has 0 spiro atoms. The number of hydrogen-bond donors (Lipinski definition) is 0. The summed E-state index contributed by atoms with van der Waals surface area (Å²) in [7, 11) is 0. The van der Waals surface area contributed by atoms with Crippen molar-refractivity contribution in [1.29, 1.82) is 5.26 Å². The minimum absolute atomic E-state index is 0.00721. The van der Waals surface area contributed by atoms with Gasteiger partial charge in [-0.2, -0.15) is 18.4 Å². The second-order valence-corrected chi connectivity index (χ2v) is 9.24. The van der Waals surface area contributed by atoms with Crippen LogP contribution in [-0.4, -0.2) is 53.9 Å².